The molecule has 1 aromatic carbocycles. The summed E-state index contributed by atoms with van der Waals surface area (Å²) in [6, 6.07) is 8.46. The molecule has 1 heterocycles. The van der Waals surface area contributed by atoms with Crippen molar-refractivity contribution in [3.8, 4) is 0 Å². The van der Waals surface area contributed by atoms with E-state index in [2.05, 4.69) is 35.8 Å². The van der Waals surface area contributed by atoms with E-state index in [1.807, 2.05) is 0 Å². The van der Waals surface area contributed by atoms with E-state index in [9.17, 15) is 5.11 Å². The second-order valence-corrected chi connectivity index (χ2v) is 5.06. The minimum Gasteiger partial charge on any atom is -0.388 e. The van der Waals surface area contributed by atoms with Gasteiger partial charge in [0, 0.05) is 17.9 Å². The van der Waals surface area contributed by atoms with Gasteiger partial charge in [-0.2, -0.15) is 0 Å². The molecule has 1 fully saturated rings. The van der Waals surface area contributed by atoms with E-state index < -0.39 is 5.60 Å². The number of hydrogen-bond donors (Lipinski definition) is 2. The maximum Gasteiger partial charge on any atom is 0.0823 e. The Kier molecular flexibility index (Phi) is 3.34. The first kappa shape index (κ1) is 11.0. The highest BCUT2D eigenvalue weighted by Crippen LogP contribution is 2.22. The van der Waals surface area contributed by atoms with Gasteiger partial charge < -0.3 is 10.4 Å². The van der Waals surface area contributed by atoms with Crippen molar-refractivity contribution < 1.29 is 5.11 Å². The van der Waals surface area contributed by atoms with Crippen molar-refractivity contribution in [2.45, 2.75) is 23.3 Å². The minimum absolute atomic E-state index is 0.527. The number of thioether (sulfide) groups is 1. The Morgan fingerprint density at radius 3 is 2.67 bits per heavy atom. The second-order valence-electron chi connectivity index (χ2n) is 4.18. The Hall–Kier alpha value is -0.510. The van der Waals surface area contributed by atoms with Gasteiger partial charge in [-0.25, -0.2) is 0 Å². The fourth-order valence-corrected chi connectivity index (χ4v) is 2.41. The fraction of sp³-hybridized carbons (Fsp3) is 0.500. The number of nitrogens with one attached hydrogen (secondary N) is 1. The Labute approximate surface area is 95.1 Å². The SMILES string of the molecule is CSc1ccc(CC2(O)CCNC2)cc1. The molecule has 0 saturated carbocycles. The van der Waals surface area contributed by atoms with Crippen LogP contribution in [0.4, 0.5) is 0 Å². The van der Waals surface area contributed by atoms with Gasteiger partial charge in [0.25, 0.3) is 0 Å². The Morgan fingerprint density at radius 2 is 2.13 bits per heavy atom. The van der Waals surface area contributed by atoms with Crippen LogP contribution in [0.15, 0.2) is 29.2 Å². The van der Waals surface area contributed by atoms with Gasteiger partial charge in [0.1, 0.15) is 0 Å². The van der Waals surface area contributed by atoms with Gasteiger partial charge in [-0.1, -0.05) is 12.1 Å². The highest BCUT2D eigenvalue weighted by atomic mass is 32.2. The molecule has 0 aromatic heterocycles. The predicted molar refractivity (Wildman–Crippen MR) is 64.4 cm³/mol. The molecule has 2 nitrogen and oxygen atoms in total. The summed E-state index contributed by atoms with van der Waals surface area (Å²) in [6.07, 6.45) is 3.69. The lowest BCUT2D eigenvalue weighted by Gasteiger charge is -2.21. The molecule has 0 amide bonds. The summed E-state index contributed by atoms with van der Waals surface area (Å²) in [7, 11) is 0. The van der Waals surface area contributed by atoms with Crippen LogP contribution >= 0.6 is 11.8 Å². The molecule has 0 aliphatic carbocycles. The molecule has 1 aliphatic rings. The van der Waals surface area contributed by atoms with Crippen LogP contribution < -0.4 is 5.32 Å². The van der Waals surface area contributed by atoms with E-state index in [-0.39, 0.29) is 0 Å². The summed E-state index contributed by atoms with van der Waals surface area (Å²) in [4.78, 5) is 1.27. The largest absolute Gasteiger partial charge is 0.388 e. The van der Waals surface area contributed by atoms with Crippen LogP contribution in [0.2, 0.25) is 0 Å². The van der Waals surface area contributed by atoms with Crippen molar-refractivity contribution in [1.29, 1.82) is 0 Å². The van der Waals surface area contributed by atoms with Gasteiger partial charge in [0.05, 0.1) is 5.60 Å². The maximum absolute atomic E-state index is 10.2. The van der Waals surface area contributed by atoms with Crippen LogP contribution in [-0.4, -0.2) is 30.1 Å². The number of benzene rings is 1. The van der Waals surface area contributed by atoms with Crippen LogP contribution in [0.5, 0.6) is 0 Å². The third-order valence-corrected chi connectivity index (χ3v) is 3.66. The average molecular weight is 223 g/mol. The standard InChI is InChI=1S/C12H17NOS/c1-15-11-4-2-10(3-5-11)8-12(14)6-7-13-9-12/h2-5,13-14H,6-9H2,1H3. The third kappa shape index (κ3) is 2.74. The summed E-state index contributed by atoms with van der Waals surface area (Å²) >= 11 is 1.74. The van der Waals surface area contributed by atoms with Crippen molar-refractivity contribution in [2.24, 2.45) is 0 Å². The molecule has 82 valence electrons. The first-order valence-electron chi connectivity index (χ1n) is 5.28. The molecule has 1 aliphatic heterocycles. The van der Waals surface area contributed by atoms with E-state index in [1.54, 1.807) is 11.8 Å². The maximum atomic E-state index is 10.2. The molecule has 1 unspecified atom stereocenters. The van der Waals surface area contributed by atoms with Gasteiger partial charge in [-0.15, -0.1) is 11.8 Å². The summed E-state index contributed by atoms with van der Waals surface area (Å²) in [5.74, 6) is 0. The van der Waals surface area contributed by atoms with Crippen molar-refractivity contribution in [1.82, 2.24) is 5.32 Å². The van der Waals surface area contributed by atoms with Gasteiger partial charge in [0.2, 0.25) is 0 Å². The topological polar surface area (TPSA) is 32.3 Å². The van der Waals surface area contributed by atoms with E-state index in [0.717, 1.165) is 25.9 Å². The van der Waals surface area contributed by atoms with Crippen molar-refractivity contribution >= 4 is 11.8 Å². The molecular weight excluding hydrogens is 206 g/mol. The summed E-state index contributed by atoms with van der Waals surface area (Å²) in [5.41, 5.74) is 0.694. The minimum atomic E-state index is -0.527. The molecule has 1 aromatic rings. The van der Waals surface area contributed by atoms with E-state index in [4.69, 9.17) is 0 Å². The lowest BCUT2D eigenvalue weighted by Crippen LogP contribution is -2.33. The normalized spacial score (nSPS) is 25.7. The van der Waals surface area contributed by atoms with Crippen LogP contribution in [-0.2, 0) is 6.42 Å². The zero-order valence-corrected chi connectivity index (χ0v) is 9.81. The highest BCUT2D eigenvalue weighted by Gasteiger charge is 2.30. The Morgan fingerprint density at radius 1 is 1.40 bits per heavy atom. The Bertz CT molecular complexity index is 317. The molecule has 0 radical (unpaired) electrons. The first-order chi connectivity index (χ1) is 7.22. The molecule has 3 heteroatoms. The van der Waals surface area contributed by atoms with Crippen LogP contribution in [0.25, 0.3) is 0 Å². The quantitative estimate of drug-likeness (QED) is 0.765. The first-order valence-corrected chi connectivity index (χ1v) is 6.50. The number of hydrogen-bond acceptors (Lipinski definition) is 3. The van der Waals surface area contributed by atoms with E-state index >= 15 is 0 Å². The molecular formula is C12H17NOS. The molecule has 1 atom stereocenters. The zero-order chi connectivity index (χ0) is 10.7. The lowest BCUT2D eigenvalue weighted by molar-refractivity contribution is 0.0619. The monoisotopic (exact) mass is 223 g/mol. The molecule has 2 rings (SSSR count). The number of β-amino-alcohol motifs (C(OH)–C–C–N with tert-alkyl or cyclic N) is 1. The van der Waals surface area contributed by atoms with Gasteiger partial charge in [-0.3, -0.25) is 0 Å². The Balaban J connectivity index is 2.04. The third-order valence-electron chi connectivity index (χ3n) is 2.91. The van der Waals surface area contributed by atoms with Crippen LogP contribution in [0, 0.1) is 0 Å². The number of rotatable bonds is 3. The van der Waals surface area contributed by atoms with Crippen LogP contribution in [0.3, 0.4) is 0 Å². The van der Waals surface area contributed by atoms with Gasteiger partial charge in [0.15, 0.2) is 0 Å². The van der Waals surface area contributed by atoms with Crippen molar-refractivity contribution in [3.63, 3.8) is 0 Å². The molecule has 0 bridgehead atoms. The van der Waals surface area contributed by atoms with Gasteiger partial charge in [-0.05, 0) is 36.9 Å². The molecule has 1 saturated heterocycles. The molecule has 15 heavy (non-hydrogen) atoms. The molecule has 0 spiro atoms. The smallest absolute Gasteiger partial charge is 0.0823 e. The fourth-order valence-electron chi connectivity index (χ4n) is 2.00. The molecule has 2 N–H and O–H groups in total. The van der Waals surface area contributed by atoms with Crippen molar-refractivity contribution in [3.05, 3.63) is 29.8 Å². The van der Waals surface area contributed by atoms with E-state index in [1.165, 1.54) is 10.5 Å². The van der Waals surface area contributed by atoms with Crippen LogP contribution in [0.1, 0.15) is 12.0 Å². The van der Waals surface area contributed by atoms with Gasteiger partial charge >= 0.3 is 0 Å². The highest BCUT2D eigenvalue weighted by molar-refractivity contribution is 7.98. The number of aliphatic hydroxyl groups is 1. The summed E-state index contributed by atoms with van der Waals surface area (Å²) < 4.78 is 0. The van der Waals surface area contributed by atoms with E-state index in [0.29, 0.717) is 0 Å². The average Bonchev–Trinajstić information content (AvgIpc) is 2.66. The second kappa shape index (κ2) is 4.56. The summed E-state index contributed by atoms with van der Waals surface area (Å²) in [6.45, 7) is 1.65. The zero-order valence-electron chi connectivity index (χ0n) is 8.99. The summed E-state index contributed by atoms with van der Waals surface area (Å²) in [5, 5.41) is 13.4. The predicted octanol–water partition coefficient (Wildman–Crippen LogP) is 1.68. The van der Waals surface area contributed by atoms with Crippen molar-refractivity contribution in [2.75, 3.05) is 19.3 Å². The lowest BCUT2D eigenvalue weighted by atomic mass is 9.94.